The number of ether oxygens (including phenoxy) is 1. The fourth-order valence-electron chi connectivity index (χ4n) is 0.666. The van der Waals surface area contributed by atoms with E-state index >= 15 is 0 Å². The molecule has 0 saturated heterocycles. The summed E-state index contributed by atoms with van der Waals surface area (Å²) >= 11 is 1.59. The van der Waals surface area contributed by atoms with Gasteiger partial charge in [-0.1, -0.05) is 6.92 Å². The van der Waals surface area contributed by atoms with E-state index in [0.29, 0.717) is 0 Å². The first-order valence-corrected chi connectivity index (χ1v) is 4.25. The lowest BCUT2D eigenvalue weighted by Crippen LogP contribution is -2.29. The number of rotatable bonds is 3. The SMILES string of the molecule is CCSC(C)(C)C(=O)OC. The van der Waals surface area contributed by atoms with Crippen molar-refractivity contribution in [3.63, 3.8) is 0 Å². The highest BCUT2D eigenvalue weighted by atomic mass is 32.2. The molecular weight excluding hydrogens is 148 g/mol. The standard InChI is InChI=1S/C7H14O2S/c1-5-10-7(2,3)6(8)9-4/h5H2,1-4H3. The summed E-state index contributed by atoms with van der Waals surface area (Å²) in [6, 6.07) is 0. The fraction of sp³-hybridized carbons (Fsp3) is 0.857. The van der Waals surface area contributed by atoms with Crippen molar-refractivity contribution in [2.24, 2.45) is 0 Å². The van der Waals surface area contributed by atoms with Crippen LogP contribution < -0.4 is 0 Å². The minimum Gasteiger partial charge on any atom is -0.468 e. The van der Waals surface area contributed by atoms with Gasteiger partial charge in [0, 0.05) is 0 Å². The quantitative estimate of drug-likeness (QED) is 0.591. The van der Waals surface area contributed by atoms with E-state index in [0.717, 1.165) is 5.75 Å². The maximum atomic E-state index is 11.0. The molecule has 0 aliphatic rings. The minimum absolute atomic E-state index is 0.153. The zero-order chi connectivity index (χ0) is 8.20. The van der Waals surface area contributed by atoms with Gasteiger partial charge in [0.15, 0.2) is 0 Å². The topological polar surface area (TPSA) is 26.3 Å². The van der Waals surface area contributed by atoms with Gasteiger partial charge in [-0.25, -0.2) is 0 Å². The van der Waals surface area contributed by atoms with Gasteiger partial charge in [-0.15, -0.1) is 11.8 Å². The van der Waals surface area contributed by atoms with Crippen molar-refractivity contribution in [3.8, 4) is 0 Å². The van der Waals surface area contributed by atoms with Crippen molar-refractivity contribution >= 4 is 17.7 Å². The molecule has 0 aliphatic carbocycles. The minimum atomic E-state index is -0.385. The zero-order valence-electron chi connectivity index (χ0n) is 6.93. The molecule has 10 heavy (non-hydrogen) atoms. The molecule has 0 unspecified atom stereocenters. The second kappa shape index (κ2) is 3.86. The normalized spacial score (nSPS) is 11.2. The van der Waals surface area contributed by atoms with E-state index in [9.17, 15) is 4.79 Å². The van der Waals surface area contributed by atoms with Gasteiger partial charge in [0.2, 0.25) is 0 Å². The molecule has 0 heterocycles. The predicted octanol–water partition coefficient (Wildman–Crippen LogP) is 1.69. The number of carbonyl (C=O) groups excluding carboxylic acids is 1. The first kappa shape index (κ1) is 9.82. The summed E-state index contributed by atoms with van der Waals surface area (Å²) in [4.78, 5) is 11.0. The van der Waals surface area contributed by atoms with E-state index in [1.54, 1.807) is 11.8 Å². The molecule has 0 spiro atoms. The Morgan fingerprint density at radius 2 is 2.10 bits per heavy atom. The van der Waals surface area contributed by atoms with Gasteiger partial charge in [0.1, 0.15) is 4.75 Å². The lowest BCUT2D eigenvalue weighted by molar-refractivity contribution is -0.142. The van der Waals surface area contributed by atoms with Crippen molar-refractivity contribution in [1.82, 2.24) is 0 Å². The summed E-state index contributed by atoms with van der Waals surface area (Å²) in [5, 5.41) is 0. The van der Waals surface area contributed by atoms with Crippen LogP contribution in [0, 0.1) is 0 Å². The Kier molecular flexibility index (Phi) is 3.79. The van der Waals surface area contributed by atoms with E-state index in [2.05, 4.69) is 4.74 Å². The number of hydrogen-bond donors (Lipinski definition) is 0. The molecule has 0 amide bonds. The smallest absolute Gasteiger partial charge is 0.321 e. The highest BCUT2D eigenvalue weighted by molar-refractivity contribution is 8.01. The van der Waals surface area contributed by atoms with Crippen molar-refractivity contribution in [2.45, 2.75) is 25.5 Å². The molecule has 0 fully saturated rings. The Morgan fingerprint density at radius 3 is 2.40 bits per heavy atom. The van der Waals surface area contributed by atoms with Crippen LogP contribution >= 0.6 is 11.8 Å². The number of hydrogen-bond acceptors (Lipinski definition) is 3. The molecular formula is C7H14O2S. The number of esters is 1. The van der Waals surface area contributed by atoms with E-state index in [1.807, 2.05) is 20.8 Å². The Bertz CT molecular complexity index is 121. The van der Waals surface area contributed by atoms with Gasteiger partial charge >= 0.3 is 5.97 Å². The number of methoxy groups -OCH3 is 1. The van der Waals surface area contributed by atoms with Crippen molar-refractivity contribution in [2.75, 3.05) is 12.9 Å². The number of carbonyl (C=O) groups is 1. The van der Waals surface area contributed by atoms with Crippen LogP contribution in [-0.4, -0.2) is 23.6 Å². The summed E-state index contributed by atoms with van der Waals surface area (Å²) < 4.78 is 4.22. The molecule has 0 atom stereocenters. The Hall–Kier alpha value is -0.180. The second-order valence-electron chi connectivity index (χ2n) is 2.43. The lowest BCUT2D eigenvalue weighted by atomic mass is 10.2. The molecule has 0 rings (SSSR count). The molecule has 0 aromatic heterocycles. The fourth-order valence-corrected chi connectivity index (χ4v) is 1.59. The molecule has 0 radical (unpaired) electrons. The van der Waals surface area contributed by atoms with Crippen LogP contribution in [0.5, 0.6) is 0 Å². The third-order valence-corrected chi connectivity index (χ3v) is 2.36. The van der Waals surface area contributed by atoms with Crippen molar-refractivity contribution < 1.29 is 9.53 Å². The second-order valence-corrected chi connectivity index (χ2v) is 4.32. The zero-order valence-corrected chi connectivity index (χ0v) is 7.75. The van der Waals surface area contributed by atoms with Gasteiger partial charge in [0.25, 0.3) is 0 Å². The Labute approximate surface area is 66.3 Å². The molecule has 0 aromatic carbocycles. The van der Waals surface area contributed by atoms with E-state index < -0.39 is 0 Å². The lowest BCUT2D eigenvalue weighted by Gasteiger charge is -2.19. The largest absolute Gasteiger partial charge is 0.468 e. The molecule has 0 aromatic rings. The average molecular weight is 162 g/mol. The van der Waals surface area contributed by atoms with Crippen LogP contribution in [0.15, 0.2) is 0 Å². The van der Waals surface area contributed by atoms with E-state index in [-0.39, 0.29) is 10.7 Å². The van der Waals surface area contributed by atoms with Crippen LogP contribution in [0.3, 0.4) is 0 Å². The van der Waals surface area contributed by atoms with Gasteiger partial charge in [-0.05, 0) is 19.6 Å². The van der Waals surface area contributed by atoms with Crippen molar-refractivity contribution in [3.05, 3.63) is 0 Å². The first-order chi connectivity index (χ1) is 4.54. The Morgan fingerprint density at radius 1 is 1.60 bits per heavy atom. The molecule has 0 bridgehead atoms. The summed E-state index contributed by atoms with van der Waals surface area (Å²) in [6.45, 7) is 5.76. The van der Waals surface area contributed by atoms with Gasteiger partial charge in [0.05, 0.1) is 7.11 Å². The van der Waals surface area contributed by atoms with E-state index in [4.69, 9.17) is 0 Å². The first-order valence-electron chi connectivity index (χ1n) is 3.27. The highest BCUT2D eigenvalue weighted by Gasteiger charge is 2.27. The number of thioether (sulfide) groups is 1. The maximum Gasteiger partial charge on any atom is 0.321 e. The predicted molar refractivity (Wildman–Crippen MR) is 44.2 cm³/mol. The molecule has 0 N–H and O–H groups in total. The summed E-state index contributed by atoms with van der Waals surface area (Å²) in [7, 11) is 1.42. The highest BCUT2D eigenvalue weighted by Crippen LogP contribution is 2.24. The third-order valence-electron chi connectivity index (χ3n) is 1.18. The molecule has 2 nitrogen and oxygen atoms in total. The summed E-state index contributed by atoms with van der Waals surface area (Å²) in [6.07, 6.45) is 0. The van der Waals surface area contributed by atoms with Crippen LogP contribution in [0.2, 0.25) is 0 Å². The van der Waals surface area contributed by atoms with Gasteiger partial charge in [-0.2, -0.15) is 0 Å². The molecule has 0 aliphatic heterocycles. The summed E-state index contributed by atoms with van der Waals surface area (Å²) in [5.74, 6) is 0.779. The molecule has 60 valence electrons. The van der Waals surface area contributed by atoms with Crippen molar-refractivity contribution in [1.29, 1.82) is 0 Å². The Balaban J connectivity index is 3.96. The average Bonchev–Trinajstić information content (AvgIpc) is 1.86. The third kappa shape index (κ3) is 2.60. The molecule has 0 saturated carbocycles. The van der Waals surface area contributed by atoms with Gasteiger partial charge in [-0.3, -0.25) is 4.79 Å². The van der Waals surface area contributed by atoms with Crippen LogP contribution in [-0.2, 0) is 9.53 Å². The monoisotopic (exact) mass is 162 g/mol. The van der Waals surface area contributed by atoms with E-state index in [1.165, 1.54) is 7.11 Å². The van der Waals surface area contributed by atoms with Crippen LogP contribution in [0.4, 0.5) is 0 Å². The van der Waals surface area contributed by atoms with Gasteiger partial charge < -0.3 is 4.74 Å². The van der Waals surface area contributed by atoms with Crippen LogP contribution in [0.1, 0.15) is 20.8 Å². The summed E-state index contributed by atoms with van der Waals surface area (Å²) in [5.41, 5.74) is 0. The maximum absolute atomic E-state index is 11.0. The molecule has 3 heteroatoms. The van der Waals surface area contributed by atoms with Crippen LogP contribution in [0.25, 0.3) is 0 Å².